The van der Waals surface area contributed by atoms with Gasteiger partial charge in [0.05, 0.1) is 23.8 Å². The molecule has 0 atom stereocenters. The number of amides is 2. The molecular weight excluding hydrogens is 361 g/mol. The van der Waals surface area contributed by atoms with E-state index in [1.54, 1.807) is 0 Å². The van der Waals surface area contributed by atoms with Crippen molar-refractivity contribution in [2.75, 3.05) is 31.6 Å². The molecule has 1 N–H and O–H groups in total. The number of nitrogens with one attached hydrogen (secondary N) is 1. The van der Waals surface area contributed by atoms with Gasteiger partial charge >= 0.3 is 12.2 Å². The molecule has 2 fully saturated rings. The van der Waals surface area contributed by atoms with Gasteiger partial charge in [-0.3, -0.25) is 0 Å². The first kappa shape index (κ1) is 18.3. The normalized spacial score (nSPS) is 20.6. The van der Waals surface area contributed by atoms with Crippen molar-refractivity contribution in [3.63, 3.8) is 0 Å². The Morgan fingerprint density at radius 2 is 1.84 bits per heavy atom. The van der Waals surface area contributed by atoms with Crippen LogP contribution in [-0.2, 0) is 15.7 Å². The van der Waals surface area contributed by atoms with Gasteiger partial charge in [-0.15, -0.1) is 0 Å². The van der Waals surface area contributed by atoms with Crippen LogP contribution >= 0.6 is 11.6 Å². The first-order valence-corrected chi connectivity index (χ1v) is 8.37. The Morgan fingerprint density at radius 3 is 2.44 bits per heavy atom. The zero-order valence-electron chi connectivity index (χ0n) is 13.4. The lowest BCUT2D eigenvalue weighted by Crippen LogP contribution is -2.52. The summed E-state index contributed by atoms with van der Waals surface area (Å²) in [6.07, 6.45) is -2.65. The summed E-state index contributed by atoms with van der Waals surface area (Å²) in [7, 11) is 0. The van der Waals surface area contributed by atoms with E-state index in [4.69, 9.17) is 21.1 Å². The number of rotatable bonds is 1. The summed E-state index contributed by atoms with van der Waals surface area (Å²) in [5, 5.41) is 2.08. The second-order valence-electron chi connectivity index (χ2n) is 6.07. The number of alkyl halides is 3. The molecule has 25 heavy (non-hydrogen) atoms. The fourth-order valence-corrected chi connectivity index (χ4v) is 3.20. The summed E-state index contributed by atoms with van der Waals surface area (Å²) in [5.41, 5.74) is -0.930. The fraction of sp³-hybridized carbons (Fsp3) is 0.562. The molecule has 2 aliphatic heterocycles. The van der Waals surface area contributed by atoms with Gasteiger partial charge in [0.2, 0.25) is 0 Å². The average Bonchev–Trinajstić information content (AvgIpc) is 2.57. The van der Waals surface area contributed by atoms with Crippen molar-refractivity contribution in [2.45, 2.75) is 31.2 Å². The molecule has 1 aromatic carbocycles. The van der Waals surface area contributed by atoms with Crippen LogP contribution in [0.4, 0.5) is 23.7 Å². The Bertz CT molecular complexity index is 638. The second-order valence-corrected chi connectivity index (χ2v) is 6.48. The molecule has 9 heteroatoms. The lowest BCUT2D eigenvalue weighted by atomic mass is 10.0. The lowest BCUT2D eigenvalue weighted by molar-refractivity contribution is -0.281. The number of piperidine rings is 1. The molecule has 5 nitrogen and oxygen atoms in total. The van der Waals surface area contributed by atoms with Gasteiger partial charge in [0.25, 0.3) is 0 Å². The smallest absolute Gasteiger partial charge is 0.350 e. The van der Waals surface area contributed by atoms with Crippen LogP contribution in [0.3, 0.4) is 0 Å². The standard InChI is InChI=1S/C16H18ClF3N2O3/c17-13-3-2-11(10-12(13)16(18,19)20)21-14(23)22-6-4-15(5-7-22)24-8-1-9-25-15/h2-3,10H,1,4-9H2,(H,21,23). The largest absolute Gasteiger partial charge is 0.417 e. The minimum Gasteiger partial charge on any atom is -0.350 e. The molecule has 2 saturated heterocycles. The topological polar surface area (TPSA) is 50.8 Å². The number of ether oxygens (including phenoxy) is 2. The van der Waals surface area contributed by atoms with Crippen LogP contribution in [0.1, 0.15) is 24.8 Å². The van der Waals surface area contributed by atoms with Crippen LogP contribution in [0.2, 0.25) is 5.02 Å². The molecule has 0 aromatic heterocycles. The number of anilines is 1. The summed E-state index contributed by atoms with van der Waals surface area (Å²) in [6, 6.07) is 2.84. The zero-order valence-corrected chi connectivity index (χ0v) is 14.1. The van der Waals surface area contributed by atoms with Gasteiger partial charge in [0.1, 0.15) is 0 Å². The number of carbonyl (C=O) groups is 1. The number of hydrogen-bond donors (Lipinski definition) is 1. The number of likely N-dealkylation sites (tertiary alicyclic amines) is 1. The van der Waals surface area contributed by atoms with E-state index in [2.05, 4.69) is 5.32 Å². The molecule has 0 unspecified atom stereocenters. The monoisotopic (exact) mass is 378 g/mol. The van der Waals surface area contributed by atoms with Crippen molar-refractivity contribution < 1.29 is 27.4 Å². The van der Waals surface area contributed by atoms with Crippen molar-refractivity contribution in [3.05, 3.63) is 28.8 Å². The number of benzene rings is 1. The molecule has 0 radical (unpaired) electrons. The predicted octanol–water partition coefficient (Wildman–Crippen LogP) is 4.12. The summed E-state index contributed by atoms with van der Waals surface area (Å²) < 4.78 is 50.1. The number of nitrogens with zero attached hydrogens (tertiary/aromatic N) is 1. The highest BCUT2D eigenvalue weighted by atomic mass is 35.5. The van der Waals surface area contributed by atoms with E-state index in [0.29, 0.717) is 39.1 Å². The third-order valence-electron chi connectivity index (χ3n) is 4.35. The highest BCUT2D eigenvalue weighted by molar-refractivity contribution is 6.31. The second kappa shape index (κ2) is 7.01. The highest BCUT2D eigenvalue weighted by Gasteiger charge is 2.39. The Labute approximate surface area is 148 Å². The maximum absolute atomic E-state index is 12.9. The molecule has 3 rings (SSSR count). The van der Waals surface area contributed by atoms with Gasteiger partial charge in [-0.25, -0.2) is 4.79 Å². The summed E-state index contributed by atoms with van der Waals surface area (Å²) in [4.78, 5) is 13.8. The molecule has 1 aromatic rings. The quantitative estimate of drug-likeness (QED) is 0.799. The molecule has 138 valence electrons. The Morgan fingerprint density at radius 1 is 1.20 bits per heavy atom. The summed E-state index contributed by atoms with van der Waals surface area (Å²) in [6.45, 7) is 2.09. The number of carbonyl (C=O) groups excluding carboxylic acids is 1. The first-order valence-electron chi connectivity index (χ1n) is 8.00. The van der Waals surface area contributed by atoms with Gasteiger partial charge in [-0.1, -0.05) is 11.6 Å². The predicted molar refractivity (Wildman–Crippen MR) is 85.5 cm³/mol. The summed E-state index contributed by atoms with van der Waals surface area (Å²) in [5.74, 6) is -0.626. The summed E-state index contributed by atoms with van der Waals surface area (Å²) >= 11 is 5.58. The van der Waals surface area contributed by atoms with E-state index in [0.717, 1.165) is 18.6 Å². The minimum absolute atomic E-state index is 0.0483. The van der Waals surface area contributed by atoms with Crippen molar-refractivity contribution in [1.29, 1.82) is 0 Å². The van der Waals surface area contributed by atoms with Gasteiger partial charge in [-0.05, 0) is 24.6 Å². The van der Waals surface area contributed by atoms with Gasteiger partial charge in [-0.2, -0.15) is 13.2 Å². The average molecular weight is 379 g/mol. The van der Waals surface area contributed by atoms with E-state index in [1.807, 2.05) is 0 Å². The highest BCUT2D eigenvalue weighted by Crippen LogP contribution is 2.36. The van der Waals surface area contributed by atoms with Gasteiger partial charge < -0.3 is 19.7 Å². The Hall–Kier alpha value is -1.51. The maximum Gasteiger partial charge on any atom is 0.417 e. The van der Waals surface area contributed by atoms with Crippen LogP contribution in [0.5, 0.6) is 0 Å². The van der Waals surface area contributed by atoms with E-state index >= 15 is 0 Å². The lowest BCUT2D eigenvalue weighted by Gasteiger charge is -2.43. The SMILES string of the molecule is O=C(Nc1ccc(Cl)c(C(F)(F)F)c1)N1CCC2(CC1)OCCCO2. The minimum atomic E-state index is -4.58. The third-order valence-corrected chi connectivity index (χ3v) is 4.68. The first-order chi connectivity index (χ1) is 11.8. The van der Waals surface area contributed by atoms with E-state index < -0.39 is 28.6 Å². The molecule has 1 spiro atoms. The van der Waals surface area contributed by atoms with Crippen molar-refractivity contribution in [3.8, 4) is 0 Å². The van der Waals surface area contributed by atoms with E-state index in [9.17, 15) is 18.0 Å². The van der Waals surface area contributed by atoms with E-state index in [-0.39, 0.29) is 5.69 Å². The van der Waals surface area contributed by atoms with Crippen LogP contribution in [-0.4, -0.2) is 43.0 Å². The van der Waals surface area contributed by atoms with Crippen molar-refractivity contribution in [1.82, 2.24) is 4.90 Å². The molecule has 0 saturated carbocycles. The molecule has 2 aliphatic rings. The number of hydrogen-bond acceptors (Lipinski definition) is 3. The molecule has 2 heterocycles. The van der Waals surface area contributed by atoms with Crippen LogP contribution in [0, 0.1) is 0 Å². The Kier molecular flexibility index (Phi) is 5.13. The molecular formula is C16H18ClF3N2O3. The fourth-order valence-electron chi connectivity index (χ4n) is 2.98. The van der Waals surface area contributed by atoms with Crippen molar-refractivity contribution >= 4 is 23.3 Å². The molecule has 2 amide bonds. The third kappa shape index (κ3) is 4.19. The van der Waals surface area contributed by atoms with Gasteiger partial charge in [0.15, 0.2) is 5.79 Å². The van der Waals surface area contributed by atoms with Crippen LogP contribution < -0.4 is 5.32 Å². The maximum atomic E-state index is 12.9. The number of halogens is 4. The molecule has 0 bridgehead atoms. The number of urea groups is 1. The van der Waals surface area contributed by atoms with E-state index in [1.165, 1.54) is 11.0 Å². The van der Waals surface area contributed by atoms with Crippen LogP contribution in [0.15, 0.2) is 18.2 Å². The Balaban J connectivity index is 1.62. The van der Waals surface area contributed by atoms with Crippen molar-refractivity contribution in [2.24, 2.45) is 0 Å². The zero-order chi connectivity index (χ0) is 18.1. The molecule has 0 aliphatic carbocycles. The van der Waals surface area contributed by atoms with Crippen LogP contribution in [0.25, 0.3) is 0 Å². The van der Waals surface area contributed by atoms with Gasteiger partial charge in [0, 0.05) is 31.6 Å².